The number of ether oxygens (including phenoxy) is 1. The van der Waals surface area contributed by atoms with Gasteiger partial charge in [0.25, 0.3) is 0 Å². The van der Waals surface area contributed by atoms with Gasteiger partial charge < -0.3 is 15.0 Å². The highest BCUT2D eigenvalue weighted by Crippen LogP contribution is 2.16. The molecule has 17 heavy (non-hydrogen) atoms. The molecule has 1 rings (SSSR count). The SMILES string of the molecule is CCNc1cc(N(C)C(C)COC)nc(C)n1. The quantitative estimate of drug-likeness (QED) is 0.817. The van der Waals surface area contributed by atoms with Crippen LogP contribution in [0.1, 0.15) is 19.7 Å². The normalized spacial score (nSPS) is 12.3. The van der Waals surface area contributed by atoms with E-state index in [-0.39, 0.29) is 6.04 Å². The molecule has 1 aromatic heterocycles. The minimum absolute atomic E-state index is 0.281. The topological polar surface area (TPSA) is 50.3 Å². The van der Waals surface area contributed by atoms with Crippen molar-refractivity contribution in [3.05, 3.63) is 11.9 Å². The van der Waals surface area contributed by atoms with Gasteiger partial charge in [-0.15, -0.1) is 0 Å². The zero-order valence-electron chi connectivity index (χ0n) is 11.3. The van der Waals surface area contributed by atoms with Gasteiger partial charge in [-0.1, -0.05) is 0 Å². The number of likely N-dealkylation sites (N-methyl/N-ethyl adjacent to an activating group) is 1. The maximum atomic E-state index is 5.15. The first-order chi connectivity index (χ1) is 8.08. The van der Waals surface area contributed by atoms with Gasteiger partial charge >= 0.3 is 0 Å². The largest absolute Gasteiger partial charge is 0.383 e. The summed E-state index contributed by atoms with van der Waals surface area (Å²) in [6.45, 7) is 7.59. The highest BCUT2D eigenvalue weighted by atomic mass is 16.5. The summed E-state index contributed by atoms with van der Waals surface area (Å²) in [6.07, 6.45) is 0. The fourth-order valence-electron chi connectivity index (χ4n) is 1.58. The fraction of sp³-hybridized carbons (Fsp3) is 0.667. The number of aromatic nitrogens is 2. The van der Waals surface area contributed by atoms with Crippen molar-refractivity contribution < 1.29 is 4.74 Å². The molecule has 1 aromatic rings. The van der Waals surface area contributed by atoms with Crippen LogP contribution in [0.3, 0.4) is 0 Å². The highest BCUT2D eigenvalue weighted by Gasteiger charge is 2.12. The van der Waals surface area contributed by atoms with Gasteiger partial charge in [0.05, 0.1) is 12.6 Å². The number of nitrogens with zero attached hydrogens (tertiary/aromatic N) is 3. The molecule has 0 amide bonds. The van der Waals surface area contributed by atoms with E-state index in [9.17, 15) is 0 Å². The minimum Gasteiger partial charge on any atom is -0.383 e. The van der Waals surface area contributed by atoms with Crippen LogP contribution < -0.4 is 10.2 Å². The Labute approximate surface area is 103 Å². The number of hydrogen-bond acceptors (Lipinski definition) is 5. The first-order valence-corrected chi connectivity index (χ1v) is 5.89. The smallest absolute Gasteiger partial charge is 0.134 e. The van der Waals surface area contributed by atoms with Crippen molar-refractivity contribution in [3.8, 4) is 0 Å². The van der Waals surface area contributed by atoms with E-state index in [4.69, 9.17) is 4.74 Å². The summed E-state index contributed by atoms with van der Waals surface area (Å²) in [7, 11) is 3.72. The molecule has 0 saturated carbocycles. The van der Waals surface area contributed by atoms with Gasteiger partial charge in [0.2, 0.25) is 0 Å². The second kappa shape index (κ2) is 6.39. The van der Waals surface area contributed by atoms with E-state index in [1.165, 1.54) is 0 Å². The molecule has 0 aliphatic heterocycles. The third-order valence-electron chi connectivity index (χ3n) is 2.61. The van der Waals surface area contributed by atoms with E-state index < -0.39 is 0 Å². The molecule has 1 unspecified atom stereocenters. The molecule has 0 aliphatic rings. The Bertz CT molecular complexity index is 356. The molecular formula is C12H22N4O. The summed E-state index contributed by atoms with van der Waals surface area (Å²) in [5.41, 5.74) is 0. The van der Waals surface area contributed by atoms with Crippen molar-refractivity contribution in [2.45, 2.75) is 26.8 Å². The van der Waals surface area contributed by atoms with E-state index in [1.54, 1.807) is 7.11 Å². The average molecular weight is 238 g/mol. The predicted molar refractivity (Wildman–Crippen MR) is 70.7 cm³/mol. The lowest BCUT2D eigenvalue weighted by molar-refractivity contribution is 0.183. The first kappa shape index (κ1) is 13.7. The molecule has 96 valence electrons. The number of methoxy groups -OCH3 is 1. The summed E-state index contributed by atoms with van der Waals surface area (Å²) in [6, 6.07) is 2.24. The molecule has 0 bridgehead atoms. The van der Waals surface area contributed by atoms with Crippen LogP contribution in [-0.4, -0.2) is 43.3 Å². The Balaban J connectivity index is 2.88. The highest BCUT2D eigenvalue weighted by molar-refractivity contribution is 5.49. The molecule has 0 aliphatic carbocycles. The van der Waals surface area contributed by atoms with Crippen molar-refractivity contribution in [1.29, 1.82) is 0 Å². The first-order valence-electron chi connectivity index (χ1n) is 5.89. The Kier molecular flexibility index (Phi) is 5.15. The van der Waals surface area contributed by atoms with Gasteiger partial charge in [0.1, 0.15) is 17.5 Å². The Hall–Kier alpha value is -1.36. The van der Waals surface area contributed by atoms with Crippen molar-refractivity contribution >= 4 is 11.6 Å². The molecule has 5 nitrogen and oxygen atoms in total. The summed E-state index contributed by atoms with van der Waals surface area (Å²) in [5, 5.41) is 3.21. The van der Waals surface area contributed by atoms with Gasteiger partial charge in [-0.3, -0.25) is 0 Å². The van der Waals surface area contributed by atoms with Crippen LogP contribution in [-0.2, 0) is 4.74 Å². The Morgan fingerprint density at radius 3 is 2.76 bits per heavy atom. The summed E-state index contributed by atoms with van der Waals surface area (Å²) in [4.78, 5) is 10.9. The van der Waals surface area contributed by atoms with E-state index in [0.717, 1.165) is 24.0 Å². The van der Waals surface area contributed by atoms with Gasteiger partial charge in [0, 0.05) is 26.8 Å². The van der Waals surface area contributed by atoms with E-state index in [0.29, 0.717) is 6.61 Å². The molecule has 0 radical (unpaired) electrons. The summed E-state index contributed by atoms with van der Waals surface area (Å²) < 4.78 is 5.15. The lowest BCUT2D eigenvalue weighted by Crippen LogP contribution is -2.33. The van der Waals surface area contributed by atoms with Crippen molar-refractivity contribution in [3.63, 3.8) is 0 Å². The fourth-order valence-corrected chi connectivity index (χ4v) is 1.58. The number of hydrogen-bond donors (Lipinski definition) is 1. The van der Waals surface area contributed by atoms with Crippen LogP contribution in [0, 0.1) is 6.92 Å². The molecule has 5 heteroatoms. The van der Waals surface area contributed by atoms with Crippen molar-refractivity contribution in [1.82, 2.24) is 9.97 Å². The van der Waals surface area contributed by atoms with Crippen LogP contribution in [0.15, 0.2) is 6.07 Å². The van der Waals surface area contributed by atoms with Crippen LogP contribution in [0.4, 0.5) is 11.6 Å². The predicted octanol–water partition coefficient (Wildman–Crippen LogP) is 1.69. The average Bonchev–Trinajstić information content (AvgIpc) is 2.28. The zero-order valence-corrected chi connectivity index (χ0v) is 11.3. The van der Waals surface area contributed by atoms with E-state index >= 15 is 0 Å². The summed E-state index contributed by atoms with van der Waals surface area (Å²) >= 11 is 0. The molecular weight excluding hydrogens is 216 g/mol. The van der Waals surface area contributed by atoms with Gasteiger partial charge in [-0.05, 0) is 20.8 Å². The van der Waals surface area contributed by atoms with Gasteiger partial charge in [0.15, 0.2) is 0 Å². The molecule has 0 saturated heterocycles. The number of rotatable bonds is 6. The van der Waals surface area contributed by atoms with Crippen LogP contribution in [0.2, 0.25) is 0 Å². The summed E-state index contributed by atoms with van der Waals surface area (Å²) in [5.74, 6) is 2.55. The zero-order chi connectivity index (χ0) is 12.8. The van der Waals surface area contributed by atoms with Crippen molar-refractivity contribution in [2.75, 3.05) is 37.5 Å². The number of nitrogens with one attached hydrogen (secondary N) is 1. The van der Waals surface area contributed by atoms with Gasteiger partial charge in [-0.25, -0.2) is 9.97 Å². The third kappa shape index (κ3) is 3.85. The maximum absolute atomic E-state index is 5.15. The molecule has 0 aromatic carbocycles. The third-order valence-corrected chi connectivity index (χ3v) is 2.61. The maximum Gasteiger partial charge on any atom is 0.134 e. The van der Waals surface area contributed by atoms with Gasteiger partial charge in [-0.2, -0.15) is 0 Å². The second-order valence-corrected chi connectivity index (χ2v) is 4.10. The second-order valence-electron chi connectivity index (χ2n) is 4.10. The lowest BCUT2D eigenvalue weighted by atomic mass is 10.3. The van der Waals surface area contributed by atoms with Crippen LogP contribution in [0.5, 0.6) is 0 Å². The van der Waals surface area contributed by atoms with E-state index in [1.807, 2.05) is 27.0 Å². The number of aryl methyl sites for hydroxylation is 1. The molecule has 1 atom stereocenters. The van der Waals surface area contributed by atoms with Crippen LogP contribution in [0.25, 0.3) is 0 Å². The Morgan fingerprint density at radius 1 is 1.47 bits per heavy atom. The standard InChI is InChI=1S/C12H22N4O/c1-6-13-11-7-12(15-10(3)14-11)16(4)9(2)8-17-5/h7,9H,6,8H2,1-5H3,(H,13,14,15). The van der Waals surface area contributed by atoms with E-state index in [2.05, 4.69) is 27.1 Å². The lowest BCUT2D eigenvalue weighted by Gasteiger charge is -2.25. The molecule has 1 heterocycles. The van der Waals surface area contributed by atoms with Crippen LogP contribution >= 0.6 is 0 Å². The van der Waals surface area contributed by atoms with Crippen molar-refractivity contribution in [2.24, 2.45) is 0 Å². The minimum atomic E-state index is 0.281. The molecule has 1 N–H and O–H groups in total. The Morgan fingerprint density at radius 2 is 2.18 bits per heavy atom. The number of anilines is 2. The monoisotopic (exact) mass is 238 g/mol. The molecule has 0 spiro atoms. The molecule has 0 fully saturated rings.